The van der Waals surface area contributed by atoms with Gasteiger partial charge < -0.3 is 5.11 Å². The third-order valence-electron chi connectivity index (χ3n) is 4.03. The minimum absolute atomic E-state index is 0.181. The van der Waals surface area contributed by atoms with Gasteiger partial charge in [0.1, 0.15) is 0 Å². The standard InChI is InChI=1S/C17H9F11O/c18-14(19,20)11-5-1-3-9(7-11)13(29,16(24,25)17(26,27)28)10-4-2-6-12(8-10)15(21,22)23/h1-8,29H. The summed E-state index contributed by atoms with van der Waals surface area (Å²) in [6, 6.07) is 1.86. The molecule has 1 nitrogen and oxygen atoms in total. The molecule has 2 aromatic carbocycles. The van der Waals surface area contributed by atoms with Gasteiger partial charge in [0.2, 0.25) is 0 Å². The van der Waals surface area contributed by atoms with Crippen LogP contribution in [0.5, 0.6) is 0 Å². The smallest absolute Gasteiger partial charge is 0.374 e. The van der Waals surface area contributed by atoms with Gasteiger partial charge >= 0.3 is 24.5 Å². The van der Waals surface area contributed by atoms with Crippen LogP contribution in [-0.2, 0) is 18.0 Å². The fraction of sp³-hybridized carbons (Fsp3) is 0.294. The minimum Gasteiger partial charge on any atom is -0.374 e. The SMILES string of the molecule is OC(c1cccc(C(F)(F)F)c1)(c1cccc(C(F)(F)F)c1)C(F)(F)C(F)(F)F. The van der Waals surface area contributed by atoms with Crippen LogP contribution in [0.1, 0.15) is 22.3 Å². The predicted molar refractivity (Wildman–Crippen MR) is 76.9 cm³/mol. The van der Waals surface area contributed by atoms with Crippen molar-refractivity contribution in [3.8, 4) is 0 Å². The van der Waals surface area contributed by atoms with Crippen LogP contribution in [0.2, 0.25) is 0 Å². The molecule has 2 aromatic rings. The molecule has 0 saturated carbocycles. The van der Waals surface area contributed by atoms with Crippen LogP contribution in [0.4, 0.5) is 48.3 Å². The molecule has 0 amide bonds. The highest BCUT2D eigenvalue weighted by molar-refractivity contribution is 5.43. The molecule has 0 unspecified atom stereocenters. The molecule has 0 aliphatic carbocycles. The monoisotopic (exact) mass is 438 g/mol. The van der Waals surface area contributed by atoms with Gasteiger partial charge in [-0.3, -0.25) is 0 Å². The molecule has 0 bridgehead atoms. The first-order chi connectivity index (χ1) is 12.9. The molecule has 0 aliphatic heterocycles. The van der Waals surface area contributed by atoms with Gasteiger partial charge in [0.25, 0.3) is 0 Å². The number of benzene rings is 2. The molecule has 0 spiro atoms. The number of hydrogen-bond donors (Lipinski definition) is 1. The van der Waals surface area contributed by atoms with E-state index in [0.29, 0.717) is 36.4 Å². The summed E-state index contributed by atoms with van der Waals surface area (Å²) >= 11 is 0. The molecular formula is C17H9F11O. The summed E-state index contributed by atoms with van der Waals surface area (Å²) in [5, 5.41) is 10.4. The van der Waals surface area contributed by atoms with Crippen LogP contribution >= 0.6 is 0 Å². The first kappa shape index (κ1) is 22.9. The van der Waals surface area contributed by atoms with Crippen molar-refractivity contribution in [2.75, 3.05) is 0 Å². The van der Waals surface area contributed by atoms with E-state index in [9.17, 15) is 53.4 Å². The van der Waals surface area contributed by atoms with Gasteiger partial charge in [-0.05, 0) is 35.4 Å². The topological polar surface area (TPSA) is 20.2 Å². The van der Waals surface area contributed by atoms with Gasteiger partial charge in [0, 0.05) is 0 Å². The summed E-state index contributed by atoms with van der Waals surface area (Å²) in [5.41, 5.74) is -11.1. The molecule has 0 fully saturated rings. The van der Waals surface area contributed by atoms with Crippen molar-refractivity contribution in [3.05, 3.63) is 70.8 Å². The van der Waals surface area contributed by atoms with Gasteiger partial charge in [0.05, 0.1) is 11.1 Å². The van der Waals surface area contributed by atoms with Crippen LogP contribution in [0.25, 0.3) is 0 Å². The zero-order valence-corrected chi connectivity index (χ0v) is 13.7. The molecular weight excluding hydrogens is 429 g/mol. The first-order valence-corrected chi connectivity index (χ1v) is 7.45. The third-order valence-corrected chi connectivity index (χ3v) is 4.03. The van der Waals surface area contributed by atoms with E-state index in [1.807, 2.05) is 0 Å². The van der Waals surface area contributed by atoms with E-state index in [4.69, 9.17) is 0 Å². The Morgan fingerprint density at radius 3 is 1.10 bits per heavy atom. The van der Waals surface area contributed by atoms with Crippen molar-refractivity contribution in [2.45, 2.75) is 30.1 Å². The Kier molecular flexibility index (Phi) is 5.42. The van der Waals surface area contributed by atoms with Gasteiger partial charge in [-0.2, -0.15) is 48.3 Å². The highest BCUT2D eigenvalue weighted by Crippen LogP contribution is 2.52. The highest BCUT2D eigenvalue weighted by atomic mass is 19.4. The van der Waals surface area contributed by atoms with Gasteiger partial charge in [-0.1, -0.05) is 24.3 Å². The first-order valence-electron chi connectivity index (χ1n) is 7.45. The van der Waals surface area contributed by atoms with Crippen molar-refractivity contribution >= 4 is 0 Å². The number of halogens is 11. The molecule has 0 aromatic heterocycles. The molecule has 0 radical (unpaired) electrons. The zero-order chi connectivity index (χ0) is 22.5. The van der Waals surface area contributed by atoms with E-state index < -0.39 is 52.3 Å². The molecule has 29 heavy (non-hydrogen) atoms. The van der Waals surface area contributed by atoms with Crippen molar-refractivity contribution in [1.82, 2.24) is 0 Å². The molecule has 0 heterocycles. The quantitative estimate of drug-likeness (QED) is 0.570. The van der Waals surface area contributed by atoms with Crippen molar-refractivity contribution in [2.24, 2.45) is 0 Å². The Hall–Kier alpha value is -2.37. The van der Waals surface area contributed by atoms with Crippen molar-refractivity contribution < 1.29 is 53.4 Å². The van der Waals surface area contributed by atoms with E-state index in [0.717, 1.165) is 0 Å². The molecule has 160 valence electrons. The molecule has 1 N–H and O–H groups in total. The maximum absolute atomic E-state index is 14.3. The summed E-state index contributed by atoms with van der Waals surface area (Å²) in [6.45, 7) is 0. The van der Waals surface area contributed by atoms with Crippen LogP contribution in [-0.4, -0.2) is 17.2 Å². The number of hydrogen-bond acceptors (Lipinski definition) is 1. The maximum Gasteiger partial charge on any atom is 0.457 e. The van der Waals surface area contributed by atoms with Gasteiger partial charge in [0.15, 0.2) is 5.60 Å². The lowest BCUT2D eigenvalue weighted by molar-refractivity contribution is -0.336. The molecule has 0 atom stereocenters. The van der Waals surface area contributed by atoms with Crippen LogP contribution in [0, 0.1) is 0 Å². The van der Waals surface area contributed by atoms with Crippen molar-refractivity contribution in [1.29, 1.82) is 0 Å². The van der Waals surface area contributed by atoms with E-state index in [2.05, 4.69) is 0 Å². The van der Waals surface area contributed by atoms with Crippen LogP contribution < -0.4 is 0 Å². The summed E-state index contributed by atoms with van der Waals surface area (Å²) in [7, 11) is 0. The number of rotatable bonds is 3. The Balaban J connectivity index is 2.87. The van der Waals surface area contributed by atoms with Crippen molar-refractivity contribution in [3.63, 3.8) is 0 Å². The summed E-state index contributed by atoms with van der Waals surface area (Å²) in [5.74, 6) is -6.14. The van der Waals surface area contributed by atoms with E-state index in [-0.39, 0.29) is 12.1 Å². The third kappa shape index (κ3) is 4.02. The van der Waals surface area contributed by atoms with E-state index in [1.165, 1.54) is 0 Å². The number of aliphatic hydroxyl groups is 1. The van der Waals surface area contributed by atoms with Crippen LogP contribution in [0.3, 0.4) is 0 Å². The Morgan fingerprint density at radius 2 is 0.828 bits per heavy atom. The van der Waals surface area contributed by atoms with Gasteiger partial charge in [-0.15, -0.1) is 0 Å². The fourth-order valence-electron chi connectivity index (χ4n) is 2.58. The Labute approximate surface area is 155 Å². The fourth-order valence-corrected chi connectivity index (χ4v) is 2.58. The average Bonchev–Trinajstić information content (AvgIpc) is 2.58. The lowest BCUT2D eigenvalue weighted by Gasteiger charge is -2.38. The zero-order valence-electron chi connectivity index (χ0n) is 13.7. The number of alkyl halides is 11. The molecule has 0 saturated heterocycles. The molecule has 12 heteroatoms. The normalized spacial score (nSPS) is 14.2. The Morgan fingerprint density at radius 1 is 0.517 bits per heavy atom. The van der Waals surface area contributed by atoms with Crippen LogP contribution in [0.15, 0.2) is 48.5 Å². The average molecular weight is 438 g/mol. The summed E-state index contributed by atoms with van der Waals surface area (Å²) < 4.78 is 145. The predicted octanol–water partition coefficient (Wildman–Crippen LogP) is 6.16. The second-order valence-corrected chi connectivity index (χ2v) is 5.94. The lowest BCUT2D eigenvalue weighted by atomic mass is 9.79. The lowest BCUT2D eigenvalue weighted by Crippen LogP contribution is -2.55. The molecule has 0 aliphatic rings. The highest BCUT2D eigenvalue weighted by Gasteiger charge is 2.71. The van der Waals surface area contributed by atoms with Gasteiger partial charge in [-0.25, -0.2) is 0 Å². The second kappa shape index (κ2) is 6.85. The maximum atomic E-state index is 14.3. The Bertz CT molecular complexity index is 820. The molecule has 2 rings (SSSR count). The summed E-state index contributed by atoms with van der Waals surface area (Å²) in [6.07, 6.45) is -16.9. The largest absolute Gasteiger partial charge is 0.457 e. The minimum atomic E-state index is -6.51. The van der Waals surface area contributed by atoms with E-state index >= 15 is 0 Å². The summed E-state index contributed by atoms with van der Waals surface area (Å²) in [4.78, 5) is 0. The second-order valence-electron chi connectivity index (χ2n) is 5.94. The van der Waals surface area contributed by atoms with E-state index in [1.54, 1.807) is 0 Å².